The van der Waals surface area contributed by atoms with Gasteiger partial charge in [-0.05, 0) is 37.5 Å². The average Bonchev–Trinajstić information content (AvgIpc) is 2.77. The van der Waals surface area contributed by atoms with Crippen molar-refractivity contribution in [3.05, 3.63) is 52.6 Å². The minimum Gasteiger partial charge on any atom is -0.465 e. The maximum Gasteiger partial charge on any atom is 0.327 e. The summed E-state index contributed by atoms with van der Waals surface area (Å²) in [5, 5.41) is 4.57. The molecule has 0 saturated heterocycles. The third kappa shape index (κ3) is 4.18. The molecule has 0 fully saturated rings. The van der Waals surface area contributed by atoms with Crippen molar-refractivity contribution >= 4 is 5.97 Å². The van der Waals surface area contributed by atoms with Gasteiger partial charge in [0.1, 0.15) is 12.4 Å². The maximum absolute atomic E-state index is 13.4. The Labute approximate surface area is 136 Å². The number of benzene rings is 1. The van der Waals surface area contributed by atoms with Gasteiger partial charge in [-0.25, -0.2) is 4.39 Å². The summed E-state index contributed by atoms with van der Waals surface area (Å²) >= 11 is 0. The molecule has 0 aliphatic carbocycles. The second kappa shape index (κ2) is 7.40. The van der Waals surface area contributed by atoms with Gasteiger partial charge in [0.25, 0.3) is 0 Å². The average molecular weight is 318 g/mol. The molecule has 1 aromatic carbocycles. The highest BCUT2D eigenvalue weighted by molar-refractivity contribution is 5.69. The van der Waals surface area contributed by atoms with Crippen molar-refractivity contribution in [3.8, 4) is 0 Å². The molecule has 2 rings (SSSR count). The summed E-state index contributed by atoms with van der Waals surface area (Å²) in [6.45, 7) is 8.29. The van der Waals surface area contributed by atoms with Gasteiger partial charge >= 0.3 is 5.97 Å². The molecule has 0 N–H and O–H groups in total. The third-order valence-electron chi connectivity index (χ3n) is 3.76. The monoisotopic (exact) mass is 318 g/mol. The Morgan fingerprint density at radius 3 is 2.74 bits per heavy atom. The summed E-state index contributed by atoms with van der Waals surface area (Å²) in [5.41, 5.74) is 3.81. The van der Waals surface area contributed by atoms with Crippen molar-refractivity contribution in [1.82, 2.24) is 9.78 Å². The van der Waals surface area contributed by atoms with Gasteiger partial charge in [-0.3, -0.25) is 9.48 Å². The highest BCUT2D eigenvalue weighted by atomic mass is 19.1. The highest BCUT2D eigenvalue weighted by Crippen LogP contribution is 2.24. The van der Waals surface area contributed by atoms with Crippen LogP contribution < -0.4 is 0 Å². The quantitative estimate of drug-likeness (QED) is 0.764. The fraction of sp³-hybridized carbons (Fsp3) is 0.444. The molecule has 0 amide bonds. The van der Waals surface area contributed by atoms with Gasteiger partial charge in [-0.15, -0.1) is 0 Å². The molecule has 0 saturated carbocycles. The van der Waals surface area contributed by atoms with Gasteiger partial charge in [0.15, 0.2) is 0 Å². The zero-order chi connectivity index (χ0) is 17.0. The Kier molecular flexibility index (Phi) is 5.53. The van der Waals surface area contributed by atoms with Gasteiger partial charge in [-0.2, -0.15) is 5.10 Å². The lowest BCUT2D eigenvalue weighted by Crippen LogP contribution is -2.15. The minimum atomic E-state index is -0.300. The predicted molar refractivity (Wildman–Crippen MR) is 86.9 cm³/mol. The van der Waals surface area contributed by atoms with Crippen LogP contribution in [0.4, 0.5) is 4.39 Å². The molecule has 0 aliphatic heterocycles. The number of carbonyl (C=O) groups excluding carboxylic acids is 1. The molecule has 23 heavy (non-hydrogen) atoms. The summed E-state index contributed by atoms with van der Waals surface area (Å²) in [5.74, 6) is -0.323. The third-order valence-corrected chi connectivity index (χ3v) is 3.76. The van der Waals surface area contributed by atoms with Crippen LogP contribution in [0.2, 0.25) is 0 Å². The zero-order valence-electron chi connectivity index (χ0n) is 14.1. The number of aromatic nitrogens is 2. The van der Waals surface area contributed by atoms with Crippen molar-refractivity contribution in [2.75, 3.05) is 6.61 Å². The van der Waals surface area contributed by atoms with Crippen LogP contribution in [-0.4, -0.2) is 22.4 Å². The first kappa shape index (κ1) is 17.2. The number of hydrogen-bond acceptors (Lipinski definition) is 3. The first-order chi connectivity index (χ1) is 10.9. The molecule has 4 nitrogen and oxygen atoms in total. The molecule has 0 radical (unpaired) electrons. The summed E-state index contributed by atoms with van der Waals surface area (Å²) in [4.78, 5) is 11.7. The Balaban J connectivity index is 2.33. The van der Waals surface area contributed by atoms with E-state index in [9.17, 15) is 9.18 Å². The Morgan fingerprint density at radius 1 is 1.39 bits per heavy atom. The van der Waals surface area contributed by atoms with E-state index in [1.165, 1.54) is 12.1 Å². The van der Waals surface area contributed by atoms with E-state index < -0.39 is 0 Å². The van der Waals surface area contributed by atoms with Crippen molar-refractivity contribution in [3.63, 3.8) is 0 Å². The van der Waals surface area contributed by atoms with E-state index in [2.05, 4.69) is 18.9 Å². The molecule has 0 atom stereocenters. The van der Waals surface area contributed by atoms with Crippen LogP contribution in [0.5, 0.6) is 0 Å². The Bertz CT molecular complexity index is 692. The molecule has 1 heterocycles. The van der Waals surface area contributed by atoms with Gasteiger partial charge in [0.05, 0.1) is 12.3 Å². The van der Waals surface area contributed by atoms with E-state index in [-0.39, 0.29) is 24.2 Å². The standard InChI is InChI=1S/C18H23FN2O2/c1-5-23-17(22)11-21-13(4)16(18(20-21)12(2)3)10-14-7-6-8-15(19)9-14/h6-9,12H,5,10-11H2,1-4H3. The largest absolute Gasteiger partial charge is 0.465 e. The van der Waals surface area contributed by atoms with Crippen LogP contribution in [0.3, 0.4) is 0 Å². The summed E-state index contributed by atoms with van der Waals surface area (Å²) in [6.07, 6.45) is 0.597. The number of halogens is 1. The molecule has 5 heteroatoms. The molecular formula is C18H23FN2O2. The second-order valence-electron chi connectivity index (χ2n) is 5.87. The molecule has 0 aliphatic rings. The Morgan fingerprint density at radius 2 is 2.13 bits per heavy atom. The number of rotatable bonds is 6. The molecule has 0 spiro atoms. The van der Waals surface area contributed by atoms with Crippen molar-refractivity contribution in [2.24, 2.45) is 0 Å². The molecule has 124 valence electrons. The Hall–Kier alpha value is -2.17. The van der Waals surface area contributed by atoms with Crippen molar-refractivity contribution in [1.29, 1.82) is 0 Å². The fourth-order valence-corrected chi connectivity index (χ4v) is 2.62. The second-order valence-corrected chi connectivity index (χ2v) is 5.87. The van der Waals surface area contributed by atoms with Gasteiger partial charge in [0.2, 0.25) is 0 Å². The molecule has 2 aromatic rings. The molecular weight excluding hydrogens is 295 g/mol. The topological polar surface area (TPSA) is 44.1 Å². The number of ether oxygens (including phenoxy) is 1. The molecule has 0 bridgehead atoms. The van der Waals surface area contributed by atoms with E-state index in [0.29, 0.717) is 13.0 Å². The smallest absolute Gasteiger partial charge is 0.327 e. The lowest BCUT2D eigenvalue weighted by Gasteiger charge is -2.07. The molecule has 0 unspecified atom stereocenters. The maximum atomic E-state index is 13.4. The molecule has 1 aromatic heterocycles. The van der Waals surface area contributed by atoms with Gasteiger partial charge in [-0.1, -0.05) is 26.0 Å². The van der Waals surface area contributed by atoms with E-state index >= 15 is 0 Å². The van der Waals surface area contributed by atoms with Crippen molar-refractivity contribution in [2.45, 2.75) is 46.6 Å². The zero-order valence-corrected chi connectivity index (χ0v) is 14.1. The normalized spacial score (nSPS) is 11.0. The number of carbonyl (C=O) groups is 1. The number of esters is 1. The SMILES string of the molecule is CCOC(=O)Cn1nc(C(C)C)c(Cc2cccc(F)c2)c1C. The van der Waals surface area contributed by atoms with Gasteiger partial charge in [0, 0.05) is 17.7 Å². The van der Waals surface area contributed by atoms with Crippen LogP contribution in [0.25, 0.3) is 0 Å². The number of nitrogens with zero attached hydrogens (tertiary/aromatic N) is 2. The van der Waals surface area contributed by atoms with E-state index in [1.54, 1.807) is 17.7 Å². The fourth-order valence-electron chi connectivity index (χ4n) is 2.62. The lowest BCUT2D eigenvalue weighted by atomic mass is 9.98. The first-order valence-corrected chi connectivity index (χ1v) is 7.88. The van der Waals surface area contributed by atoms with Gasteiger partial charge < -0.3 is 4.74 Å². The highest BCUT2D eigenvalue weighted by Gasteiger charge is 2.19. The van der Waals surface area contributed by atoms with Crippen LogP contribution >= 0.6 is 0 Å². The first-order valence-electron chi connectivity index (χ1n) is 7.88. The van der Waals surface area contributed by atoms with E-state index in [0.717, 1.165) is 22.5 Å². The summed E-state index contributed by atoms with van der Waals surface area (Å²) < 4.78 is 20.1. The lowest BCUT2D eigenvalue weighted by molar-refractivity contribution is -0.144. The summed E-state index contributed by atoms with van der Waals surface area (Å²) in [7, 11) is 0. The van der Waals surface area contributed by atoms with E-state index in [4.69, 9.17) is 4.74 Å². The van der Waals surface area contributed by atoms with Crippen molar-refractivity contribution < 1.29 is 13.9 Å². The number of hydrogen-bond donors (Lipinski definition) is 0. The summed E-state index contributed by atoms with van der Waals surface area (Å²) in [6, 6.07) is 6.57. The predicted octanol–water partition coefficient (Wildman–Crippen LogP) is 3.61. The van der Waals surface area contributed by atoms with Crippen LogP contribution in [-0.2, 0) is 22.5 Å². The van der Waals surface area contributed by atoms with Crippen LogP contribution in [0, 0.1) is 12.7 Å². The van der Waals surface area contributed by atoms with Crippen LogP contribution in [0.15, 0.2) is 24.3 Å². The minimum absolute atomic E-state index is 0.0997. The van der Waals surface area contributed by atoms with E-state index in [1.807, 2.05) is 13.0 Å². The van der Waals surface area contributed by atoms with Crippen LogP contribution in [0.1, 0.15) is 49.2 Å².